The summed E-state index contributed by atoms with van der Waals surface area (Å²) < 4.78 is 115. The number of allylic oxidation sites excluding steroid dienone is 4. The molecule has 0 bridgehead atoms. The van der Waals surface area contributed by atoms with Gasteiger partial charge in [0, 0.05) is 0 Å². The van der Waals surface area contributed by atoms with Crippen LogP contribution in [0.1, 0.15) is 33.3 Å². The Morgan fingerprint density at radius 1 is 0.800 bits per heavy atom. The fraction of sp³-hybridized carbons (Fsp3) is 0.276. The Morgan fingerprint density at radius 2 is 1.22 bits per heavy atom. The van der Waals surface area contributed by atoms with E-state index in [4.69, 9.17) is 25.9 Å². The van der Waals surface area contributed by atoms with Gasteiger partial charge in [0.2, 0.25) is 0 Å². The molecule has 0 fully saturated rings. The molecule has 1 aliphatic rings. The summed E-state index contributed by atoms with van der Waals surface area (Å²) in [6.45, 7) is 13.9. The fourth-order valence-corrected chi connectivity index (χ4v) is 3.42. The molecule has 45 heavy (non-hydrogen) atoms. The molecule has 4 rings (SSSR count). The summed E-state index contributed by atoms with van der Waals surface area (Å²) in [6.07, 6.45) is 3.36. The third kappa shape index (κ3) is 15.4. The van der Waals surface area contributed by atoms with E-state index in [9.17, 15) is 26.3 Å². The standard InChI is InChI=1S/C16H13.C9H13.2CHF3O3S.2CH3.Si.Zr/c1-12-10-14-8-5-9-15(16(14)11-12)13-6-3-2-4-7-13;1-6-5-7(2)9(4)8(6)3;2*2-1(3,4)8(5,6)7;;;;/h2-11H,1H3;6H,1-4H3;2*(H,5,6,7);2*1H3;;/q2*-1;;;2*-1;;. The van der Waals surface area contributed by atoms with Gasteiger partial charge in [-0.3, -0.25) is 15.2 Å². The predicted octanol–water partition coefficient (Wildman–Crippen LogP) is 8.56. The van der Waals surface area contributed by atoms with Crippen LogP contribution in [0.3, 0.4) is 0 Å². The average molecular weight is 776 g/mol. The molecule has 252 valence electrons. The minimum absolute atomic E-state index is 0. The molecule has 0 saturated heterocycles. The Balaban J connectivity index is -0.000000534. The molecule has 1 unspecified atom stereocenters. The number of halogens is 6. The van der Waals surface area contributed by atoms with Gasteiger partial charge in [-0.1, -0.05) is 75.6 Å². The Bertz CT molecular complexity index is 1590. The van der Waals surface area contributed by atoms with Crippen LogP contribution in [0.15, 0.2) is 77.4 Å². The fourth-order valence-electron chi connectivity index (χ4n) is 3.42. The second-order valence-corrected chi connectivity index (χ2v) is 11.7. The molecule has 2 radical (unpaired) electrons. The molecule has 6 nitrogen and oxygen atoms in total. The number of rotatable bonds is 1. The Kier molecular flexibility index (Phi) is 20.7. The van der Waals surface area contributed by atoms with Crippen LogP contribution in [0.2, 0.25) is 0 Å². The molecule has 0 saturated carbocycles. The molecule has 3 aromatic carbocycles. The predicted molar refractivity (Wildman–Crippen MR) is 163 cm³/mol. The molecular weight excluding hydrogens is 742 g/mol. The molecule has 0 heterocycles. The van der Waals surface area contributed by atoms with Crippen molar-refractivity contribution in [1.29, 1.82) is 0 Å². The van der Waals surface area contributed by atoms with Crippen molar-refractivity contribution in [2.24, 2.45) is 5.92 Å². The number of hydrogen-bond acceptors (Lipinski definition) is 4. The van der Waals surface area contributed by atoms with Gasteiger partial charge in [-0.15, -0.1) is 41.5 Å². The van der Waals surface area contributed by atoms with Crippen molar-refractivity contribution >= 4 is 37.9 Å². The molecule has 1 aliphatic carbocycles. The summed E-state index contributed by atoms with van der Waals surface area (Å²) in [5.41, 5.74) is -2.88. The van der Waals surface area contributed by atoms with Gasteiger partial charge in [-0.2, -0.15) is 60.4 Å². The molecule has 3 aromatic rings. The van der Waals surface area contributed by atoms with Crippen molar-refractivity contribution in [3.8, 4) is 11.1 Å². The zero-order valence-corrected chi connectivity index (χ0v) is 30.6. The molecule has 0 aromatic heterocycles. The summed E-state index contributed by atoms with van der Waals surface area (Å²) >= 11 is 1.36. The zero-order valence-electron chi connectivity index (χ0n) is 25.5. The van der Waals surface area contributed by atoms with Crippen LogP contribution >= 0.6 is 0 Å². The first-order chi connectivity index (χ1) is 19.5. The number of benzene rings is 2. The summed E-state index contributed by atoms with van der Waals surface area (Å²) in [4.78, 5) is 0. The van der Waals surface area contributed by atoms with Crippen molar-refractivity contribution < 1.29 is 75.6 Å². The van der Waals surface area contributed by atoms with Gasteiger partial charge < -0.3 is 14.9 Å². The van der Waals surface area contributed by atoms with Crippen molar-refractivity contribution in [2.45, 2.75) is 45.6 Å². The second-order valence-electron chi connectivity index (χ2n) is 8.85. The van der Waals surface area contributed by atoms with E-state index in [1.54, 1.807) is 0 Å². The van der Waals surface area contributed by atoms with Crippen molar-refractivity contribution in [1.82, 2.24) is 0 Å². The quantitative estimate of drug-likeness (QED) is 0.0844. The average Bonchev–Trinajstić information content (AvgIpc) is 3.37. The first kappa shape index (κ1) is 47.4. The topological polar surface area (TPSA) is 109 Å². The molecular formula is C29H34F6O6S2SiZr-4. The van der Waals surface area contributed by atoms with E-state index in [0.29, 0.717) is 5.92 Å². The zero-order chi connectivity index (χ0) is 34.0. The molecule has 2 N–H and O–H groups in total. The van der Waals surface area contributed by atoms with Crippen molar-refractivity contribution in [3.63, 3.8) is 0 Å². The first-order valence-corrected chi connectivity index (χ1v) is 18.9. The molecule has 0 spiro atoms. The van der Waals surface area contributed by atoms with Gasteiger partial charge in [0.15, 0.2) is 0 Å². The number of alkyl halides is 6. The van der Waals surface area contributed by atoms with Crippen molar-refractivity contribution in [2.75, 3.05) is 0 Å². The first-order valence-electron chi connectivity index (χ1n) is 11.8. The number of hydrogen-bond donors (Lipinski definition) is 2. The maximum absolute atomic E-state index is 10.7. The summed E-state index contributed by atoms with van der Waals surface area (Å²) in [6, 6.07) is 21.6. The number of aryl methyl sites for hydroxylation is 1. The van der Waals surface area contributed by atoms with Gasteiger partial charge in [-0.05, 0) is 5.56 Å². The third-order valence-electron chi connectivity index (χ3n) is 5.80. The monoisotopic (exact) mass is 774 g/mol. The van der Waals surface area contributed by atoms with E-state index >= 15 is 0 Å². The Morgan fingerprint density at radius 3 is 1.53 bits per heavy atom. The van der Waals surface area contributed by atoms with Gasteiger partial charge >= 0.3 is 61.5 Å². The van der Waals surface area contributed by atoms with Gasteiger partial charge in [-0.25, -0.2) is 5.57 Å². The molecule has 0 amide bonds. The van der Waals surface area contributed by atoms with Gasteiger partial charge in [0.05, 0.1) is 0 Å². The van der Waals surface area contributed by atoms with Crippen LogP contribution in [0, 0.1) is 33.8 Å². The van der Waals surface area contributed by atoms with Crippen LogP contribution in [0.5, 0.6) is 0 Å². The van der Waals surface area contributed by atoms with Gasteiger partial charge in [0.1, 0.15) is 0 Å². The minimum atomic E-state index is -5.84. The van der Waals surface area contributed by atoms with Crippen LogP contribution in [-0.4, -0.2) is 43.8 Å². The third-order valence-corrected chi connectivity index (χ3v) is 6.97. The van der Waals surface area contributed by atoms with E-state index in [1.807, 2.05) is 0 Å². The SMILES string of the molecule is CC1=[C-]C(C)C(C)=C1C.Cc1cc2c(-c3ccccc3)cccc2[cH-]1.O=S(=O)(O)C(F)(F)F.O=S(=O)(O)C(F)(F)F.[CH3-].[CH3-].[Si]=[Zr]. The molecule has 16 heteroatoms. The van der Waals surface area contributed by atoms with E-state index in [0.717, 1.165) is 0 Å². The van der Waals surface area contributed by atoms with E-state index in [2.05, 4.69) is 108 Å². The van der Waals surface area contributed by atoms with Crippen LogP contribution in [0.25, 0.3) is 21.9 Å². The maximum atomic E-state index is 10.7. The summed E-state index contributed by atoms with van der Waals surface area (Å²) in [5, 5.41) is 2.69. The second kappa shape index (κ2) is 19.6. The normalized spacial score (nSPS) is 14.3. The van der Waals surface area contributed by atoms with E-state index < -0.39 is 31.3 Å². The van der Waals surface area contributed by atoms with Crippen molar-refractivity contribution in [3.05, 3.63) is 104 Å². The van der Waals surface area contributed by atoms with Gasteiger partial charge in [0.25, 0.3) is 0 Å². The summed E-state index contributed by atoms with van der Waals surface area (Å²) in [7, 11) is -11.7. The Labute approximate surface area is 278 Å². The van der Waals surface area contributed by atoms with Crippen LogP contribution in [-0.2, 0) is 43.6 Å². The molecule has 1 atom stereocenters. The van der Waals surface area contributed by atoms with E-state index in [-0.39, 0.29) is 14.9 Å². The number of fused-ring (bicyclic) bond motifs is 1. The Hall–Kier alpha value is -1.97. The van der Waals surface area contributed by atoms with Crippen LogP contribution < -0.4 is 0 Å². The molecule has 0 aliphatic heterocycles. The summed E-state index contributed by atoms with van der Waals surface area (Å²) in [5.74, 6) is 0.560. The van der Waals surface area contributed by atoms with Crippen LogP contribution in [0.4, 0.5) is 26.3 Å². The van der Waals surface area contributed by atoms with E-state index in [1.165, 1.54) is 67.5 Å².